The maximum Gasteiger partial charge on any atom is 0.271 e. The first-order valence-electron chi connectivity index (χ1n) is 7.69. The predicted octanol–water partition coefficient (Wildman–Crippen LogP) is 3.45. The molecule has 27 heavy (non-hydrogen) atoms. The van der Waals surface area contributed by atoms with E-state index in [0.717, 1.165) is 11.3 Å². The molecule has 0 spiro atoms. The molecule has 0 fully saturated rings. The lowest BCUT2D eigenvalue weighted by Crippen LogP contribution is -2.17. The number of hydrogen-bond donors (Lipinski definition) is 2. The predicted molar refractivity (Wildman–Crippen MR) is 103 cm³/mol. The van der Waals surface area contributed by atoms with Crippen molar-refractivity contribution in [1.29, 1.82) is 0 Å². The van der Waals surface area contributed by atoms with E-state index in [2.05, 4.69) is 15.2 Å². The largest absolute Gasteiger partial charge is 0.279 e. The molecule has 1 aromatic heterocycles. The summed E-state index contributed by atoms with van der Waals surface area (Å²) in [5.41, 5.74) is 3.64. The third-order valence-electron chi connectivity index (χ3n) is 3.41. The van der Waals surface area contributed by atoms with Gasteiger partial charge < -0.3 is 0 Å². The summed E-state index contributed by atoms with van der Waals surface area (Å²) in [6.45, 7) is 0. The van der Waals surface area contributed by atoms with E-state index in [9.17, 15) is 17.6 Å². The molecular formula is C18H14FN3O3S2. The van der Waals surface area contributed by atoms with Crippen LogP contribution < -0.4 is 10.1 Å². The molecule has 3 aromatic rings. The number of rotatable bonds is 6. The molecule has 1 heterocycles. The van der Waals surface area contributed by atoms with Crippen LogP contribution in [0.2, 0.25) is 0 Å². The second kappa shape index (κ2) is 8.11. The van der Waals surface area contributed by atoms with Gasteiger partial charge in [0.05, 0.1) is 6.21 Å². The Balaban J connectivity index is 1.61. The fourth-order valence-electron chi connectivity index (χ4n) is 2.09. The number of nitrogens with one attached hydrogen (secondary N) is 2. The van der Waals surface area contributed by atoms with Gasteiger partial charge in [0.15, 0.2) is 0 Å². The number of carbonyl (C=O) groups excluding carboxylic acids is 1. The first kappa shape index (κ1) is 18.7. The third-order valence-corrected chi connectivity index (χ3v) is 6.19. The molecule has 0 saturated heterocycles. The number of anilines is 1. The van der Waals surface area contributed by atoms with Crippen molar-refractivity contribution in [3.63, 3.8) is 0 Å². The van der Waals surface area contributed by atoms with Crippen molar-refractivity contribution >= 4 is 39.2 Å². The maximum absolute atomic E-state index is 12.8. The molecule has 3 rings (SSSR count). The van der Waals surface area contributed by atoms with Crippen LogP contribution in [0.1, 0.15) is 15.9 Å². The van der Waals surface area contributed by atoms with Gasteiger partial charge in [-0.3, -0.25) is 9.52 Å². The van der Waals surface area contributed by atoms with E-state index in [4.69, 9.17) is 0 Å². The highest BCUT2D eigenvalue weighted by Gasteiger charge is 2.15. The first-order valence-corrected chi connectivity index (χ1v) is 10.1. The number of benzene rings is 2. The molecule has 0 saturated carbocycles. The second-order valence-corrected chi connectivity index (χ2v) is 8.22. The van der Waals surface area contributed by atoms with E-state index in [1.807, 2.05) is 0 Å². The highest BCUT2D eigenvalue weighted by molar-refractivity contribution is 7.94. The van der Waals surface area contributed by atoms with Gasteiger partial charge in [-0.25, -0.2) is 18.2 Å². The number of carbonyl (C=O) groups is 1. The Morgan fingerprint density at radius 1 is 1.04 bits per heavy atom. The molecule has 1 amide bonds. The highest BCUT2D eigenvalue weighted by atomic mass is 32.2. The minimum Gasteiger partial charge on any atom is -0.279 e. The normalized spacial score (nSPS) is 11.4. The van der Waals surface area contributed by atoms with Crippen LogP contribution in [0.4, 0.5) is 10.1 Å². The van der Waals surface area contributed by atoms with Gasteiger partial charge in [0, 0.05) is 11.3 Å². The Morgan fingerprint density at radius 2 is 1.74 bits per heavy atom. The van der Waals surface area contributed by atoms with Crippen molar-refractivity contribution in [2.75, 3.05) is 4.72 Å². The summed E-state index contributed by atoms with van der Waals surface area (Å²) in [7, 11) is -3.63. The van der Waals surface area contributed by atoms with Crippen LogP contribution >= 0.6 is 11.3 Å². The number of thiophene rings is 1. The van der Waals surface area contributed by atoms with E-state index in [1.54, 1.807) is 11.4 Å². The Hall–Kier alpha value is -3.04. The van der Waals surface area contributed by atoms with Crippen LogP contribution in [0.3, 0.4) is 0 Å². The van der Waals surface area contributed by atoms with Crippen molar-refractivity contribution in [3.05, 3.63) is 83.0 Å². The molecule has 0 bridgehead atoms. The third kappa shape index (κ3) is 4.99. The Morgan fingerprint density at radius 3 is 2.37 bits per heavy atom. The van der Waals surface area contributed by atoms with Crippen LogP contribution in [0.15, 0.2) is 75.4 Å². The molecule has 0 aliphatic carbocycles. The summed E-state index contributed by atoms with van der Waals surface area (Å²) in [5.74, 6) is -0.813. The zero-order chi connectivity index (χ0) is 19.3. The molecule has 0 aliphatic rings. The fourth-order valence-corrected chi connectivity index (χ4v) is 4.14. The van der Waals surface area contributed by atoms with E-state index < -0.39 is 15.9 Å². The molecule has 9 heteroatoms. The van der Waals surface area contributed by atoms with Crippen molar-refractivity contribution in [1.82, 2.24) is 5.43 Å². The maximum atomic E-state index is 12.8. The Kier molecular flexibility index (Phi) is 5.63. The Bertz CT molecular complexity index is 1050. The number of nitrogens with zero attached hydrogens (tertiary/aromatic N) is 1. The summed E-state index contributed by atoms with van der Waals surface area (Å²) >= 11 is 1.11. The van der Waals surface area contributed by atoms with E-state index in [0.29, 0.717) is 16.8 Å². The summed E-state index contributed by atoms with van der Waals surface area (Å²) in [5, 5.41) is 5.48. The van der Waals surface area contributed by atoms with Gasteiger partial charge in [0.25, 0.3) is 15.9 Å². The van der Waals surface area contributed by atoms with E-state index in [1.165, 1.54) is 60.8 Å². The van der Waals surface area contributed by atoms with E-state index >= 15 is 0 Å². The molecule has 2 aromatic carbocycles. The quantitative estimate of drug-likeness (QED) is 0.488. The van der Waals surface area contributed by atoms with Crippen molar-refractivity contribution < 1.29 is 17.6 Å². The van der Waals surface area contributed by atoms with Crippen molar-refractivity contribution in [2.45, 2.75) is 4.21 Å². The van der Waals surface area contributed by atoms with Gasteiger partial charge in [-0.05, 0) is 53.4 Å². The fraction of sp³-hybridized carbons (Fsp3) is 0. The zero-order valence-corrected chi connectivity index (χ0v) is 15.4. The topological polar surface area (TPSA) is 87.6 Å². The van der Waals surface area contributed by atoms with Crippen molar-refractivity contribution in [3.8, 4) is 0 Å². The minimum atomic E-state index is -3.63. The monoisotopic (exact) mass is 403 g/mol. The standard InChI is InChI=1S/C18H14FN3O3S2/c19-15-7-3-13(4-8-15)12-20-21-18(23)14-5-9-16(10-6-14)22-27(24,25)17-2-1-11-26-17/h1-12,22H,(H,21,23)/b20-12+. The molecule has 6 nitrogen and oxygen atoms in total. The summed E-state index contributed by atoms with van der Waals surface area (Å²) < 4.78 is 39.8. The summed E-state index contributed by atoms with van der Waals surface area (Å²) in [4.78, 5) is 12.1. The average molecular weight is 403 g/mol. The van der Waals surface area contributed by atoms with Gasteiger partial charge in [0.1, 0.15) is 10.0 Å². The SMILES string of the molecule is O=C(N/N=C/c1ccc(F)cc1)c1ccc(NS(=O)(=O)c2cccs2)cc1. The number of amides is 1. The van der Waals surface area contributed by atoms with Crippen LogP contribution in [-0.2, 0) is 10.0 Å². The molecule has 2 N–H and O–H groups in total. The molecule has 0 unspecified atom stereocenters. The van der Waals surface area contributed by atoms with Crippen molar-refractivity contribution in [2.24, 2.45) is 5.10 Å². The van der Waals surface area contributed by atoms with Gasteiger partial charge >= 0.3 is 0 Å². The average Bonchev–Trinajstić information content (AvgIpc) is 3.19. The number of halogens is 1. The lowest BCUT2D eigenvalue weighted by atomic mass is 10.2. The zero-order valence-electron chi connectivity index (χ0n) is 13.8. The lowest BCUT2D eigenvalue weighted by molar-refractivity contribution is 0.0955. The summed E-state index contributed by atoms with van der Waals surface area (Å²) in [6.07, 6.45) is 1.39. The molecule has 138 valence electrons. The van der Waals surface area contributed by atoms with Crippen LogP contribution in [0.25, 0.3) is 0 Å². The smallest absolute Gasteiger partial charge is 0.271 e. The van der Waals surface area contributed by atoms with Gasteiger partial charge in [0.2, 0.25) is 0 Å². The number of hydrazone groups is 1. The molecule has 0 atom stereocenters. The Labute approximate surface area is 159 Å². The van der Waals surface area contributed by atoms with Crippen LogP contribution in [-0.4, -0.2) is 20.5 Å². The lowest BCUT2D eigenvalue weighted by Gasteiger charge is -2.07. The van der Waals surface area contributed by atoms with E-state index in [-0.39, 0.29) is 10.0 Å². The van der Waals surface area contributed by atoms with Gasteiger partial charge in [-0.2, -0.15) is 5.10 Å². The van der Waals surface area contributed by atoms with Crippen LogP contribution in [0.5, 0.6) is 0 Å². The molecule has 0 radical (unpaired) electrons. The second-order valence-electron chi connectivity index (χ2n) is 5.37. The molecular weight excluding hydrogens is 389 g/mol. The number of sulfonamides is 1. The van der Waals surface area contributed by atoms with Gasteiger partial charge in [-0.1, -0.05) is 18.2 Å². The first-order chi connectivity index (χ1) is 12.9. The highest BCUT2D eigenvalue weighted by Crippen LogP contribution is 2.20. The molecule has 0 aliphatic heterocycles. The number of hydrogen-bond acceptors (Lipinski definition) is 5. The van der Waals surface area contributed by atoms with Crippen LogP contribution in [0, 0.1) is 5.82 Å². The minimum absolute atomic E-state index is 0.208. The van der Waals surface area contributed by atoms with Gasteiger partial charge in [-0.15, -0.1) is 11.3 Å². The summed E-state index contributed by atoms with van der Waals surface area (Å²) in [6, 6.07) is 14.7.